The number of aromatic nitrogens is 2. The minimum absolute atomic E-state index is 0.306. The van der Waals surface area contributed by atoms with E-state index in [1.807, 2.05) is 0 Å². The number of hydrogen-bond acceptors (Lipinski definition) is 3. The first-order valence-electron chi connectivity index (χ1n) is 7.91. The molecule has 0 saturated heterocycles. The molecule has 2 heterocycles. The SMILES string of the molecule is O=C(O)c1cn(-c2ccc(F)cc2F)c2nc3c(F)c(F)c(F)cc3cc2c1=O. The van der Waals surface area contributed by atoms with Crippen molar-refractivity contribution in [1.29, 1.82) is 0 Å². The molecule has 10 heteroatoms. The molecule has 0 aliphatic carbocycles. The summed E-state index contributed by atoms with van der Waals surface area (Å²) in [5.74, 6) is -8.66. The zero-order chi connectivity index (χ0) is 21.0. The van der Waals surface area contributed by atoms with E-state index in [-0.39, 0.29) is 5.39 Å². The monoisotopic (exact) mass is 406 g/mol. The molecule has 2 aromatic heterocycles. The van der Waals surface area contributed by atoms with Gasteiger partial charge in [0.05, 0.1) is 11.1 Å². The highest BCUT2D eigenvalue weighted by Crippen LogP contribution is 2.26. The summed E-state index contributed by atoms with van der Waals surface area (Å²) < 4.78 is 69.7. The molecule has 0 atom stereocenters. The van der Waals surface area contributed by atoms with Crippen molar-refractivity contribution >= 4 is 27.9 Å². The van der Waals surface area contributed by atoms with Crippen molar-refractivity contribution in [2.75, 3.05) is 0 Å². The van der Waals surface area contributed by atoms with Crippen LogP contribution in [-0.2, 0) is 0 Å². The topological polar surface area (TPSA) is 72.2 Å². The Morgan fingerprint density at radius 3 is 2.34 bits per heavy atom. The van der Waals surface area contributed by atoms with Gasteiger partial charge in [-0.05, 0) is 24.3 Å². The van der Waals surface area contributed by atoms with Crippen LogP contribution in [0.4, 0.5) is 22.0 Å². The van der Waals surface area contributed by atoms with Gasteiger partial charge in [0, 0.05) is 17.6 Å². The third-order valence-electron chi connectivity index (χ3n) is 4.30. The number of carboxylic acid groups (broad SMARTS) is 1. The number of hydrogen-bond donors (Lipinski definition) is 1. The number of nitrogens with zero attached hydrogens (tertiary/aromatic N) is 2. The van der Waals surface area contributed by atoms with Gasteiger partial charge in [-0.3, -0.25) is 9.36 Å². The first-order valence-corrected chi connectivity index (χ1v) is 7.91. The number of fused-ring (bicyclic) bond motifs is 2. The quantitative estimate of drug-likeness (QED) is 0.311. The molecule has 5 nitrogen and oxygen atoms in total. The van der Waals surface area contributed by atoms with E-state index >= 15 is 0 Å². The highest BCUT2D eigenvalue weighted by molar-refractivity contribution is 5.96. The molecule has 4 rings (SSSR count). The summed E-state index contributed by atoms with van der Waals surface area (Å²) in [5, 5.41) is 8.57. The van der Waals surface area contributed by atoms with E-state index in [9.17, 15) is 36.6 Å². The normalized spacial score (nSPS) is 11.3. The number of pyridine rings is 2. The average Bonchev–Trinajstić information content (AvgIpc) is 2.66. The highest BCUT2D eigenvalue weighted by Gasteiger charge is 2.21. The van der Waals surface area contributed by atoms with Gasteiger partial charge in [-0.1, -0.05) is 0 Å². The second-order valence-corrected chi connectivity index (χ2v) is 6.06. The van der Waals surface area contributed by atoms with E-state index in [1.54, 1.807) is 0 Å². The van der Waals surface area contributed by atoms with Crippen molar-refractivity contribution in [2.24, 2.45) is 0 Å². The van der Waals surface area contributed by atoms with Crippen molar-refractivity contribution in [3.8, 4) is 5.69 Å². The first-order chi connectivity index (χ1) is 13.7. The number of halogens is 5. The van der Waals surface area contributed by atoms with E-state index < -0.39 is 68.3 Å². The molecular formula is C19H7F5N2O3. The summed E-state index contributed by atoms with van der Waals surface area (Å²) in [6.07, 6.45) is 0.736. The number of benzene rings is 2. The van der Waals surface area contributed by atoms with Crippen LogP contribution in [0.1, 0.15) is 10.4 Å². The molecule has 0 aliphatic rings. The number of carbonyl (C=O) groups is 1. The third kappa shape index (κ3) is 2.80. The average molecular weight is 406 g/mol. The Hall–Kier alpha value is -3.82. The van der Waals surface area contributed by atoms with Gasteiger partial charge in [-0.25, -0.2) is 31.7 Å². The van der Waals surface area contributed by atoms with E-state index in [1.165, 1.54) is 0 Å². The predicted molar refractivity (Wildman–Crippen MR) is 91.6 cm³/mol. The maximum Gasteiger partial charge on any atom is 0.341 e. The number of carboxylic acids is 1. The van der Waals surface area contributed by atoms with E-state index in [4.69, 9.17) is 0 Å². The smallest absolute Gasteiger partial charge is 0.341 e. The summed E-state index contributed by atoms with van der Waals surface area (Å²) >= 11 is 0. The molecule has 29 heavy (non-hydrogen) atoms. The molecule has 0 spiro atoms. The molecule has 146 valence electrons. The lowest BCUT2D eigenvalue weighted by Crippen LogP contribution is -2.19. The summed E-state index contributed by atoms with van der Waals surface area (Å²) in [4.78, 5) is 27.8. The second kappa shape index (κ2) is 6.36. The summed E-state index contributed by atoms with van der Waals surface area (Å²) in [6.45, 7) is 0. The Labute approximate surface area is 157 Å². The Bertz CT molecular complexity index is 1420. The molecule has 4 aromatic rings. The van der Waals surface area contributed by atoms with Crippen molar-refractivity contribution in [1.82, 2.24) is 9.55 Å². The minimum Gasteiger partial charge on any atom is -0.477 e. The van der Waals surface area contributed by atoms with Gasteiger partial charge >= 0.3 is 5.97 Å². The van der Waals surface area contributed by atoms with Gasteiger partial charge in [0.25, 0.3) is 0 Å². The summed E-state index contributed by atoms with van der Waals surface area (Å²) in [6, 6.07) is 3.86. The lowest BCUT2D eigenvalue weighted by Gasteiger charge is -2.13. The van der Waals surface area contributed by atoms with Crippen molar-refractivity contribution in [3.63, 3.8) is 0 Å². The lowest BCUT2D eigenvalue weighted by atomic mass is 10.1. The van der Waals surface area contributed by atoms with Crippen molar-refractivity contribution in [2.45, 2.75) is 0 Å². The van der Waals surface area contributed by atoms with Crippen LogP contribution in [0.5, 0.6) is 0 Å². The van der Waals surface area contributed by atoms with Gasteiger partial charge in [0.15, 0.2) is 17.5 Å². The van der Waals surface area contributed by atoms with Crippen LogP contribution < -0.4 is 5.43 Å². The Kier molecular flexibility index (Phi) is 4.07. The van der Waals surface area contributed by atoms with Crippen molar-refractivity contribution < 1.29 is 31.9 Å². The molecule has 0 saturated carbocycles. The molecule has 0 unspecified atom stereocenters. The molecule has 0 aliphatic heterocycles. The van der Waals surface area contributed by atoms with Gasteiger partial charge in [0.2, 0.25) is 5.43 Å². The Balaban J connectivity index is 2.23. The van der Waals surface area contributed by atoms with E-state index in [0.717, 1.165) is 29.0 Å². The maximum absolute atomic E-state index is 14.3. The van der Waals surface area contributed by atoms with Crippen LogP contribution in [0.3, 0.4) is 0 Å². The van der Waals surface area contributed by atoms with E-state index in [2.05, 4.69) is 4.98 Å². The molecule has 0 bridgehead atoms. The lowest BCUT2D eigenvalue weighted by molar-refractivity contribution is 0.0695. The summed E-state index contributed by atoms with van der Waals surface area (Å²) in [5.41, 5.74) is -3.32. The maximum atomic E-state index is 14.3. The van der Waals surface area contributed by atoms with Gasteiger partial charge in [0.1, 0.15) is 28.4 Å². The van der Waals surface area contributed by atoms with Crippen LogP contribution in [0, 0.1) is 29.1 Å². The van der Waals surface area contributed by atoms with Crippen LogP contribution in [0.2, 0.25) is 0 Å². The van der Waals surface area contributed by atoms with Gasteiger partial charge in [-0.2, -0.15) is 0 Å². The van der Waals surface area contributed by atoms with E-state index in [0.29, 0.717) is 12.1 Å². The number of aromatic carboxylic acids is 1. The Morgan fingerprint density at radius 1 is 0.966 bits per heavy atom. The fourth-order valence-electron chi connectivity index (χ4n) is 2.97. The zero-order valence-corrected chi connectivity index (χ0v) is 14.0. The standard InChI is InChI=1S/C19H7F5N2O3/c20-8-1-2-13(11(21)5-8)26-6-10(19(28)29)17(27)9-3-7-4-12(22)14(23)15(24)16(7)25-18(9)26/h1-6H,(H,28,29). The van der Waals surface area contributed by atoms with Gasteiger partial charge in [-0.15, -0.1) is 0 Å². The fraction of sp³-hybridized carbons (Fsp3) is 0. The molecule has 1 N–H and O–H groups in total. The van der Waals surface area contributed by atoms with Crippen LogP contribution in [0.25, 0.3) is 27.6 Å². The molecule has 2 aromatic carbocycles. The highest BCUT2D eigenvalue weighted by atomic mass is 19.2. The largest absolute Gasteiger partial charge is 0.477 e. The minimum atomic E-state index is -1.80. The first kappa shape index (κ1) is 18.5. The molecular weight excluding hydrogens is 399 g/mol. The third-order valence-corrected chi connectivity index (χ3v) is 4.30. The molecule has 0 fully saturated rings. The molecule has 0 radical (unpaired) electrons. The van der Waals surface area contributed by atoms with Crippen LogP contribution >= 0.6 is 0 Å². The zero-order valence-electron chi connectivity index (χ0n) is 14.0. The number of rotatable bonds is 2. The summed E-state index contributed by atoms with van der Waals surface area (Å²) in [7, 11) is 0. The predicted octanol–water partition coefficient (Wildman–Crippen LogP) is 3.93. The Morgan fingerprint density at radius 2 is 1.69 bits per heavy atom. The second-order valence-electron chi connectivity index (χ2n) is 6.06. The van der Waals surface area contributed by atoms with Crippen LogP contribution in [0.15, 0.2) is 41.3 Å². The van der Waals surface area contributed by atoms with Crippen LogP contribution in [-0.4, -0.2) is 20.6 Å². The van der Waals surface area contributed by atoms with Gasteiger partial charge < -0.3 is 5.11 Å². The fourth-order valence-corrected chi connectivity index (χ4v) is 2.97. The van der Waals surface area contributed by atoms with Crippen molar-refractivity contribution in [3.05, 3.63) is 81.4 Å². The molecule has 0 amide bonds.